The Kier molecular flexibility index (Phi) is 12.3. The van der Waals surface area contributed by atoms with Crippen LogP contribution < -0.4 is 21.1 Å². The van der Waals surface area contributed by atoms with Crippen molar-refractivity contribution in [3.05, 3.63) is 66.2 Å². The van der Waals surface area contributed by atoms with Gasteiger partial charge < -0.3 is 49.9 Å². The van der Waals surface area contributed by atoms with Crippen LogP contribution in [0, 0.1) is 11.8 Å². The second kappa shape index (κ2) is 17.5. The highest BCUT2D eigenvalue weighted by Gasteiger charge is 2.48. The Labute approximate surface area is 357 Å². The molecule has 5 N–H and O–H groups in total. The van der Waals surface area contributed by atoms with Crippen LogP contribution in [0.3, 0.4) is 0 Å². The fraction of sp³-hybridized carbons (Fsp3) is 0.455. The number of benzene rings is 2. The highest BCUT2D eigenvalue weighted by Crippen LogP contribution is 2.44. The highest BCUT2D eigenvalue weighted by atomic mass is 19.3. The van der Waals surface area contributed by atoms with Crippen molar-refractivity contribution in [3.63, 3.8) is 0 Å². The van der Waals surface area contributed by atoms with Gasteiger partial charge in [-0.3, -0.25) is 14.6 Å². The number of aromatic amines is 1. The number of nitrogens with one attached hydrogen (secondary N) is 3. The number of alkyl carbamates (subject to hydrolysis) is 2. The predicted molar refractivity (Wildman–Crippen MR) is 228 cm³/mol. The fourth-order valence-corrected chi connectivity index (χ4v) is 8.49. The molecule has 18 heteroatoms. The number of halogens is 2. The van der Waals surface area contributed by atoms with Crippen molar-refractivity contribution < 1.29 is 42.2 Å². The van der Waals surface area contributed by atoms with Gasteiger partial charge in [-0.25, -0.2) is 23.4 Å². The number of H-pyrrole nitrogens is 1. The normalized spacial score (nSPS) is 20.6. The molecule has 62 heavy (non-hydrogen) atoms. The molecule has 16 nitrogen and oxygen atoms in total. The van der Waals surface area contributed by atoms with Crippen LogP contribution in [0.5, 0.6) is 5.75 Å². The van der Waals surface area contributed by atoms with Crippen molar-refractivity contribution in [2.24, 2.45) is 22.6 Å². The quantitative estimate of drug-likeness (QED) is 0.120. The molecule has 0 spiro atoms. The van der Waals surface area contributed by atoms with Crippen LogP contribution in [0.25, 0.3) is 39.1 Å². The third-order valence-electron chi connectivity index (χ3n) is 11.7. The maximum absolute atomic E-state index is 14.6. The standard InChI is InChI=1S/C44H53F2N9O7/c1-23(2)37(51-42(58)60-6)40(56)53-14-8-9-34(53)39-49-21-32(50-39)27-10-12-30-35-16-28-15-26(11-13-33(28)55(35)25(5)62-36(30)17-27)31(47)20-48-19-29-18-44(45,46)22-54(29)41(57)38(24(3)4)52-43(59)61-7/h10-13,15-17,19-21,23-25,29,34,37-38H,8-9,14,18,22,47H2,1-7H3,(H,49,50)(H,51,58)(H,52,59)/b31-20-,48-19+/t25?,29-,34?,37+,38+/m1/s1. The molecule has 2 fully saturated rings. The Morgan fingerprint density at radius 1 is 0.984 bits per heavy atom. The molecular formula is C44H53F2N9O7. The number of hydrogen-bond donors (Lipinski definition) is 4. The molecule has 7 rings (SSSR count). The van der Waals surface area contributed by atoms with Gasteiger partial charge in [-0.15, -0.1) is 0 Å². The second-order valence-corrected chi connectivity index (χ2v) is 16.7. The molecule has 2 aromatic carbocycles. The van der Waals surface area contributed by atoms with Crippen molar-refractivity contribution in [2.75, 3.05) is 27.3 Å². The fourth-order valence-electron chi connectivity index (χ4n) is 8.49. The maximum atomic E-state index is 14.6. The molecule has 330 valence electrons. The Morgan fingerprint density at radius 2 is 1.66 bits per heavy atom. The number of aliphatic imine (C=N–C) groups is 1. The Balaban J connectivity index is 1.08. The zero-order valence-corrected chi connectivity index (χ0v) is 35.8. The molecule has 2 saturated heterocycles. The molecule has 4 aromatic rings. The molecule has 4 amide bonds. The maximum Gasteiger partial charge on any atom is 0.407 e. The summed E-state index contributed by atoms with van der Waals surface area (Å²) in [6.45, 7) is 8.87. The monoisotopic (exact) mass is 857 g/mol. The molecule has 0 radical (unpaired) electrons. The summed E-state index contributed by atoms with van der Waals surface area (Å²) in [6, 6.07) is 10.6. The number of methoxy groups -OCH3 is 2. The number of imidazole rings is 1. The molecule has 5 heterocycles. The van der Waals surface area contributed by atoms with Crippen LogP contribution in [-0.4, -0.2) is 106 Å². The predicted octanol–water partition coefficient (Wildman–Crippen LogP) is 6.60. The van der Waals surface area contributed by atoms with Gasteiger partial charge in [0.25, 0.3) is 5.92 Å². The van der Waals surface area contributed by atoms with E-state index in [2.05, 4.69) is 41.0 Å². The zero-order valence-electron chi connectivity index (χ0n) is 35.8. The number of amides is 4. The molecule has 0 bridgehead atoms. The minimum Gasteiger partial charge on any atom is -0.470 e. The van der Waals surface area contributed by atoms with E-state index in [1.807, 2.05) is 57.2 Å². The average Bonchev–Trinajstić information content (AvgIpc) is 4.05. The minimum absolute atomic E-state index is 0.144. The first-order valence-electron chi connectivity index (χ1n) is 20.7. The lowest BCUT2D eigenvalue weighted by Crippen LogP contribution is -2.53. The summed E-state index contributed by atoms with van der Waals surface area (Å²) in [6.07, 6.45) is 3.48. The van der Waals surface area contributed by atoms with Gasteiger partial charge in [0.2, 0.25) is 11.8 Å². The van der Waals surface area contributed by atoms with Crippen molar-refractivity contribution in [3.8, 4) is 28.3 Å². The van der Waals surface area contributed by atoms with E-state index in [0.29, 0.717) is 29.4 Å². The first-order chi connectivity index (χ1) is 29.5. The third kappa shape index (κ3) is 8.67. The average molecular weight is 858 g/mol. The SMILES string of the molecule is COC(=O)N[C@H](C(=O)N1CCCC1c1ncc(-c2ccc3c(c2)OC(C)n2c-3cc3cc(/C(N)=C/N=C/[C@H]4CC(F)(F)CN4C(=O)[C@@H](NC(=O)OC)C(C)C)ccc32)[nH]1)C(C)C. The lowest BCUT2D eigenvalue weighted by atomic mass is 10.0. The number of nitrogens with two attached hydrogens (primary N) is 1. The van der Waals surface area contributed by atoms with Gasteiger partial charge >= 0.3 is 12.2 Å². The minimum atomic E-state index is -3.14. The summed E-state index contributed by atoms with van der Waals surface area (Å²) in [5, 5.41) is 6.03. The number of carbonyl (C=O) groups is 4. The lowest BCUT2D eigenvalue weighted by Gasteiger charge is -2.30. The summed E-state index contributed by atoms with van der Waals surface area (Å²) in [5.74, 6) is -3.14. The van der Waals surface area contributed by atoms with Crippen LogP contribution >= 0.6 is 0 Å². The number of aromatic nitrogens is 3. The van der Waals surface area contributed by atoms with Crippen molar-refractivity contribution >= 4 is 46.8 Å². The zero-order chi connectivity index (χ0) is 44.6. The van der Waals surface area contributed by atoms with E-state index in [-0.39, 0.29) is 30.0 Å². The number of likely N-dealkylation sites (tertiary alicyclic amines) is 2. The van der Waals surface area contributed by atoms with E-state index >= 15 is 0 Å². The summed E-state index contributed by atoms with van der Waals surface area (Å²) >= 11 is 0. The van der Waals surface area contributed by atoms with Crippen LogP contribution in [0.15, 0.2) is 59.9 Å². The highest BCUT2D eigenvalue weighted by molar-refractivity contribution is 5.92. The van der Waals surface area contributed by atoms with E-state index in [1.54, 1.807) is 24.9 Å². The first-order valence-corrected chi connectivity index (χ1v) is 20.7. The van der Waals surface area contributed by atoms with Gasteiger partial charge in [-0.2, -0.15) is 0 Å². The van der Waals surface area contributed by atoms with E-state index in [1.165, 1.54) is 19.5 Å². The Bertz CT molecular complexity index is 2430. The van der Waals surface area contributed by atoms with Crippen LogP contribution in [0.1, 0.15) is 77.5 Å². The summed E-state index contributed by atoms with van der Waals surface area (Å²) in [5.41, 5.74) is 11.8. The van der Waals surface area contributed by atoms with E-state index in [0.717, 1.165) is 58.3 Å². The number of rotatable bonds is 11. The molecule has 3 aliphatic heterocycles. The molecule has 0 aliphatic carbocycles. The van der Waals surface area contributed by atoms with Crippen LogP contribution in [0.2, 0.25) is 0 Å². The third-order valence-corrected chi connectivity index (χ3v) is 11.7. The van der Waals surface area contributed by atoms with Gasteiger partial charge in [0.1, 0.15) is 23.7 Å². The van der Waals surface area contributed by atoms with Gasteiger partial charge in [0, 0.05) is 35.7 Å². The molecule has 2 aromatic heterocycles. The number of fused-ring (bicyclic) bond motifs is 5. The molecule has 3 aliphatic rings. The molecular weight excluding hydrogens is 805 g/mol. The first kappa shape index (κ1) is 43.6. The van der Waals surface area contributed by atoms with Crippen molar-refractivity contribution in [1.82, 2.24) is 35.0 Å². The van der Waals surface area contributed by atoms with Crippen molar-refractivity contribution in [2.45, 2.75) is 90.2 Å². The second-order valence-electron chi connectivity index (χ2n) is 16.7. The lowest BCUT2D eigenvalue weighted by molar-refractivity contribution is -0.136. The van der Waals surface area contributed by atoms with E-state index in [4.69, 9.17) is 15.2 Å². The number of carbonyl (C=O) groups excluding carboxylic acids is 4. The summed E-state index contributed by atoms with van der Waals surface area (Å²) in [7, 11) is 2.43. The summed E-state index contributed by atoms with van der Waals surface area (Å²) < 4.78 is 47.2. The molecule has 0 saturated carbocycles. The molecule has 5 atom stereocenters. The Hall–Kier alpha value is -6.46. The number of ether oxygens (including phenoxy) is 3. The van der Waals surface area contributed by atoms with Crippen LogP contribution in [0.4, 0.5) is 18.4 Å². The topological polar surface area (TPSA) is 198 Å². The number of hydrogen-bond acceptors (Lipinski definition) is 10. The summed E-state index contributed by atoms with van der Waals surface area (Å²) in [4.78, 5) is 66.1. The van der Waals surface area contributed by atoms with Gasteiger partial charge in [0.15, 0.2) is 6.23 Å². The van der Waals surface area contributed by atoms with Crippen LogP contribution in [-0.2, 0) is 19.1 Å². The van der Waals surface area contributed by atoms with Crippen molar-refractivity contribution in [1.29, 1.82) is 0 Å². The van der Waals surface area contributed by atoms with Gasteiger partial charge in [0.05, 0.1) is 67.8 Å². The van der Waals surface area contributed by atoms with Gasteiger partial charge in [-0.1, -0.05) is 39.8 Å². The molecule has 2 unspecified atom stereocenters. The number of alkyl halides is 2. The largest absolute Gasteiger partial charge is 0.470 e. The smallest absolute Gasteiger partial charge is 0.407 e. The Morgan fingerprint density at radius 3 is 2.32 bits per heavy atom. The van der Waals surface area contributed by atoms with E-state index < -0.39 is 55.1 Å². The number of nitrogens with zero attached hydrogens (tertiary/aromatic N) is 5. The van der Waals surface area contributed by atoms with E-state index in [9.17, 15) is 28.0 Å². The van der Waals surface area contributed by atoms with Gasteiger partial charge in [-0.05, 0) is 67.5 Å².